The molecule has 2 aromatic rings. The number of methoxy groups -OCH3 is 1. The minimum absolute atomic E-state index is 0.301. The molecular formula is C20H24ClNO3. The van der Waals surface area contributed by atoms with Crippen LogP contribution in [0.5, 0.6) is 11.5 Å². The van der Waals surface area contributed by atoms with Gasteiger partial charge >= 0.3 is 0 Å². The smallest absolute Gasteiger partial charge is 0.166 e. The summed E-state index contributed by atoms with van der Waals surface area (Å²) in [5.41, 5.74) is 2.09. The van der Waals surface area contributed by atoms with Gasteiger partial charge < -0.3 is 19.5 Å². The molecule has 1 aliphatic rings. The van der Waals surface area contributed by atoms with Crippen molar-refractivity contribution in [3.63, 3.8) is 0 Å². The molecule has 1 heterocycles. The summed E-state index contributed by atoms with van der Waals surface area (Å²) in [5, 5.41) is 4.08. The Kier molecular flexibility index (Phi) is 6.56. The number of ether oxygens (including phenoxy) is 3. The minimum atomic E-state index is 0.301. The number of rotatable bonds is 8. The van der Waals surface area contributed by atoms with Gasteiger partial charge in [-0.25, -0.2) is 0 Å². The van der Waals surface area contributed by atoms with E-state index in [1.54, 1.807) is 13.2 Å². The normalized spacial score (nSPS) is 16.8. The molecule has 134 valence electrons. The summed E-state index contributed by atoms with van der Waals surface area (Å²) >= 11 is 6.24. The number of hydrogen-bond donors (Lipinski definition) is 1. The van der Waals surface area contributed by atoms with E-state index in [0.717, 1.165) is 42.9 Å². The van der Waals surface area contributed by atoms with Crippen LogP contribution in [-0.4, -0.2) is 26.4 Å². The Bertz CT molecular complexity index is 672. The molecule has 0 bridgehead atoms. The van der Waals surface area contributed by atoms with Crippen molar-refractivity contribution in [1.29, 1.82) is 0 Å². The SMILES string of the molecule is COc1cc(Cl)cc(CNC[C@@H]2CCCO2)c1OCc1ccccc1. The Labute approximate surface area is 154 Å². The Balaban J connectivity index is 1.69. The van der Waals surface area contributed by atoms with Crippen LogP contribution in [0.3, 0.4) is 0 Å². The van der Waals surface area contributed by atoms with Crippen molar-refractivity contribution < 1.29 is 14.2 Å². The first-order chi connectivity index (χ1) is 12.3. The van der Waals surface area contributed by atoms with E-state index < -0.39 is 0 Å². The van der Waals surface area contributed by atoms with Gasteiger partial charge in [0, 0.05) is 36.3 Å². The average molecular weight is 362 g/mol. The van der Waals surface area contributed by atoms with Crippen molar-refractivity contribution in [2.24, 2.45) is 0 Å². The summed E-state index contributed by atoms with van der Waals surface area (Å²) in [6.45, 7) is 2.83. The average Bonchev–Trinajstić information content (AvgIpc) is 3.14. The van der Waals surface area contributed by atoms with Crippen LogP contribution < -0.4 is 14.8 Å². The van der Waals surface area contributed by atoms with E-state index in [0.29, 0.717) is 30.0 Å². The van der Waals surface area contributed by atoms with Gasteiger partial charge in [-0.2, -0.15) is 0 Å². The summed E-state index contributed by atoms with van der Waals surface area (Å²) in [6.07, 6.45) is 2.56. The summed E-state index contributed by atoms with van der Waals surface area (Å²) in [5.74, 6) is 1.38. The molecule has 0 radical (unpaired) electrons. The highest BCUT2D eigenvalue weighted by Gasteiger charge is 2.17. The molecule has 1 N–H and O–H groups in total. The highest BCUT2D eigenvalue weighted by Crippen LogP contribution is 2.35. The van der Waals surface area contributed by atoms with Gasteiger partial charge in [-0.05, 0) is 24.5 Å². The molecule has 1 fully saturated rings. The van der Waals surface area contributed by atoms with E-state index in [9.17, 15) is 0 Å². The van der Waals surface area contributed by atoms with Crippen LogP contribution in [-0.2, 0) is 17.9 Å². The van der Waals surface area contributed by atoms with Crippen molar-refractivity contribution in [3.05, 3.63) is 58.6 Å². The molecule has 0 saturated carbocycles. The van der Waals surface area contributed by atoms with Crippen molar-refractivity contribution >= 4 is 11.6 Å². The summed E-state index contributed by atoms with van der Waals surface area (Å²) < 4.78 is 17.2. The molecule has 0 amide bonds. The molecule has 4 nitrogen and oxygen atoms in total. The maximum Gasteiger partial charge on any atom is 0.166 e. The zero-order valence-electron chi connectivity index (χ0n) is 14.5. The van der Waals surface area contributed by atoms with E-state index in [2.05, 4.69) is 5.32 Å². The van der Waals surface area contributed by atoms with E-state index in [1.807, 2.05) is 36.4 Å². The van der Waals surface area contributed by atoms with Crippen LogP contribution in [0.4, 0.5) is 0 Å². The van der Waals surface area contributed by atoms with Crippen molar-refractivity contribution in [1.82, 2.24) is 5.32 Å². The topological polar surface area (TPSA) is 39.7 Å². The fourth-order valence-corrected chi connectivity index (χ4v) is 3.20. The molecule has 25 heavy (non-hydrogen) atoms. The summed E-state index contributed by atoms with van der Waals surface area (Å²) in [6, 6.07) is 13.8. The molecule has 1 aliphatic heterocycles. The second-order valence-corrected chi connectivity index (χ2v) is 6.57. The van der Waals surface area contributed by atoms with E-state index in [-0.39, 0.29) is 0 Å². The standard InChI is InChI=1S/C20H24ClNO3/c1-23-19-11-17(21)10-16(12-22-13-18-8-5-9-24-18)20(19)25-14-15-6-3-2-4-7-15/h2-4,6-7,10-11,18,22H,5,8-9,12-14H2,1H3/t18-/m0/s1. The zero-order chi connectivity index (χ0) is 17.5. The molecule has 0 spiro atoms. The summed E-state index contributed by atoms with van der Waals surface area (Å²) in [4.78, 5) is 0. The van der Waals surface area contributed by atoms with Crippen molar-refractivity contribution in [3.8, 4) is 11.5 Å². The number of halogens is 1. The Hall–Kier alpha value is -1.75. The first-order valence-electron chi connectivity index (χ1n) is 8.61. The van der Waals surface area contributed by atoms with Crippen LogP contribution >= 0.6 is 11.6 Å². The van der Waals surface area contributed by atoms with Crippen LogP contribution in [0.1, 0.15) is 24.0 Å². The van der Waals surface area contributed by atoms with Gasteiger partial charge in [-0.3, -0.25) is 0 Å². The van der Waals surface area contributed by atoms with E-state index >= 15 is 0 Å². The lowest BCUT2D eigenvalue weighted by Crippen LogP contribution is -2.26. The van der Waals surface area contributed by atoms with Gasteiger partial charge in [0.2, 0.25) is 0 Å². The first-order valence-corrected chi connectivity index (χ1v) is 8.99. The Morgan fingerprint density at radius 3 is 2.80 bits per heavy atom. The maximum atomic E-state index is 6.24. The largest absolute Gasteiger partial charge is 0.493 e. The minimum Gasteiger partial charge on any atom is -0.493 e. The maximum absolute atomic E-state index is 6.24. The van der Waals surface area contributed by atoms with Crippen LogP contribution in [0.15, 0.2) is 42.5 Å². The van der Waals surface area contributed by atoms with Crippen LogP contribution in [0.25, 0.3) is 0 Å². The molecule has 3 rings (SSSR count). The van der Waals surface area contributed by atoms with Crippen molar-refractivity contribution in [2.75, 3.05) is 20.3 Å². The lowest BCUT2D eigenvalue weighted by Gasteiger charge is -2.17. The molecule has 2 aromatic carbocycles. The van der Waals surface area contributed by atoms with Gasteiger partial charge in [0.15, 0.2) is 11.5 Å². The quantitative estimate of drug-likeness (QED) is 0.765. The van der Waals surface area contributed by atoms with E-state index in [1.165, 1.54) is 0 Å². The monoisotopic (exact) mass is 361 g/mol. The molecule has 1 atom stereocenters. The molecule has 0 aromatic heterocycles. The predicted molar refractivity (Wildman–Crippen MR) is 99.5 cm³/mol. The van der Waals surface area contributed by atoms with Gasteiger partial charge in [-0.1, -0.05) is 41.9 Å². The predicted octanol–water partition coefficient (Wildman–Crippen LogP) is 4.20. The Morgan fingerprint density at radius 2 is 2.08 bits per heavy atom. The third-order valence-corrected chi connectivity index (χ3v) is 4.47. The Morgan fingerprint density at radius 1 is 1.24 bits per heavy atom. The third-order valence-electron chi connectivity index (χ3n) is 4.25. The second kappa shape index (κ2) is 9.09. The number of hydrogen-bond acceptors (Lipinski definition) is 4. The van der Waals surface area contributed by atoms with Crippen LogP contribution in [0, 0.1) is 0 Å². The zero-order valence-corrected chi connectivity index (χ0v) is 15.2. The fraction of sp³-hybridized carbons (Fsp3) is 0.400. The number of benzene rings is 2. The van der Waals surface area contributed by atoms with Crippen molar-refractivity contribution in [2.45, 2.75) is 32.1 Å². The molecule has 0 unspecified atom stereocenters. The van der Waals surface area contributed by atoms with Gasteiger partial charge in [0.25, 0.3) is 0 Å². The number of nitrogens with one attached hydrogen (secondary N) is 1. The van der Waals surface area contributed by atoms with Gasteiger partial charge in [-0.15, -0.1) is 0 Å². The van der Waals surface area contributed by atoms with Gasteiger partial charge in [0.05, 0.1) is 13.2 Å². The molecule has 0 aliphatic carbocycles. The highest BCUT2D eigenvalue weighted by molar-refractivity contribution is 6.30. The van der Waals surface area contributed by atoms with E-state index in [4.69, 9.17) is 25.8 Å². The lowest BCUT2D eigenvalue weighted by molar-refractivity contribution is 0.110. The van der Waals surface area contributed by atoms with Gasteiger partial charge in [0.1, 0.15) is 6.61 Å². The fourth-order valence-electron chi connectivity index (χ4n) is 2.97. The molecular weight excluding hydrogens is 338 g/mol. The lowest BCUT2D eigenvalue weighted by atomic mass is 10.1. The first kappa shape index (κ1) is 18.1. The highest BCUT2D eigenvalue weighted by atomic mass is 35.5. The summed E-state index contributed by atoms with van der Waals surface area (Å²) in [7, 11) is 1.63. The third kappa shape index (κ3) is 5.11. The second-order valence-electron chi connectivity index (χ2n) is 6.14. The van der Waals surface area contributed by atoms with Crippen LogP contribution in [0.2, 0.25) is 5.02 Å². The molecule has 5 heteroatoms. The molecule has 1 saturated heterocycles.